The van der Waals surface area contributed by atoms with Crippen LogP contribution in [0.15, 0.2) is 53.4 Å². The molecule has 134 valence electrons. The summed E-state index contributed by atoms with van der Waals surface area (Å²) < 4.78 is 40.5. The Balaban J connectivity index is 2.10. The summed E-state index contributed by atoms with van der Waals surface area (Å²) in [6.07, 6.45) is 0. The smallest absolute Gasteiger partial charge is 0.251 e. The number of carbonyl (C=O) groups excluding carboxylic acids is 1. The van der Waals surface area contributed by atoms with Gasteiger partial charge in [0.2, 0.25) is 10.0 Å². The molecule has 0 unspecified atom stereocenters. The molecule has 2 aromatic carbocycles. The van der Waals surface area contributed by atoms with Crippen molar-refractivity contribution in [2.45, 2.75) is 37.8 Å². The van der Waals surface area contributed by atoms with Crippen molar-refractivity contribution < 1.29 is 17.6 Å². The van der Waals surface area contributed by atoms with Crippen molar-refractivity contribution in [3.63, 3.8) is 0 Å². The number of benzene rings is 2. The maximum atomic E-state index is 13.6. The van der Waals surface area contributed by atoms with Crippen LogP contribution in [0.4, 0.5) is 4.39 Å². The lowest BCUT2D eigenvalue weighted by atomic mass is 10.1. The minimum absolute atomic E-state index is 0.0103. The highest BCUT2D eigenvalue weighted by atomic mass is 32.2. The summed E-state index contributed by atoms with van der Waals surface area (Å²) in [5.74, 6) is -0.754. The molecule has 0 saturated heterocycles. The van der Waals surface area contributed by atoms with Gasteiger partial charge >= 0.3 is 0 Å². The van der Waals surface area contributed by atoms with Gasteiger partial charge in [0, 0.05) is 23.2 Å². The fraction of sp³-hybridized carbons (Fsp3) is 0.278. The first-order chi connectivity index (χ1) is 11.6. The van der Waals surface area contributed by atoms with Crippen molar-refractivity contribution in [1.82, 2.24) is 10.0 Å². The van der Waals surface area contributed by atoms with Gasteiger partial charge in [-0.2, -0.15) is 0 Å². The summed E-state index contributed by atoms with van der Waals surface area (Å²) >= 11 is 0. The molecule has 0 aliphatic rings. The molecule has 7 heteroatoms. The molecule has 2 aromatic rings. The average Bonchev–Trinajstić information content (AvgIpc) is 2.53. The van der Waals surface area contributed by atoms with Gasteiger partial charge in [0.25, 0.3) is 5.91 Å². The summed E-state index contributed by atoms with van der Waals surface area (Å²) in [5.41, 5.74) is 0.235. The zero-order chi connectivity index (χ0) is 18.7. The molecule has 1 amide bonds. The van der Waals surface area contributed by atoms with Crippen LogP contribution in [0.1, 0.15) is 36.7 Å². The Morgan fingerprint density at radius 1 is 1.04 bits per heavy atom. The third-order valence-electron chi connectivity index (χ3n) is 3.33. The van der Waals surface area contributed by atoms with E-state index in [1.54, 1.807) is 6.07 Å². The Kier molecular flexibility index (Phi) is 5.59. The van der Waals surface area contributed by atoms with Crippen LogP contribution >= 0.6 is 0 Å². The SMILES string of the molecule is CC(C)(C)NC(=O)c1ccc(S(=O)(=O)NCc2ccccc2F)cc1. The van der Waals surface area contributed by atoms with Crippen LogP contribution in [-0.2, 0) is 16.6 Å². The number of halogens is 1. The molecule has 0 radical (unpaired) electrons. The van der Waals surface area contributed by atoms with Crippen LogP contribution < -0.4 is 10.0 Å². The molecule has 0 aromatic heterocycles. The number of nitrogens with one attached hydrogen (secondary N) is 2. The molecular formula is C18H21FN2O3S. The van der Waals surface area contributed by atoms with Gasteiger partial charge in [0.15, 0.2) is 0 Å². The molecule has 5 nitrogen and oxygen atoms in total. The maximum absolute atomic E-state index is 13.6. The molecule has 0 spiro atoms. The number of amides is 1. The van der Waals surface area contributed by atoms with Crippen molar-refractivity contribution >= 4 is 15.9 Å². The molecule has 0 atom stereocenters. The maximum Gasteiger partial charge on any atom is 0.251 e. The third-order valence-corrected chi connectivity index (χ3v) is 4.74. The lowest BCUT2D eigenvalue weighted by Crippen LogP contribution is -2.40. The minimum atomic E-state index is -3.80. The van der Waals surface area contributed by atoms with Gasteiger partial charge in [-0.3, -0.25) is 4.79 Å². The molecule has 25 heavy (non-hydrogen) atoms. The Bertz CT molecular complexity index is 857. The largest absolute Gasteiger partial charge is 0.347 e. The van der Waals surface area contributed by atoms with Crippen molar-refractivity contribution in [3.8, 4) is 0 Å². The van der Waals surface area contributed by atoms with Gasteiger partial charge in [-0.25, -0.2) is 17.5 Å². The lowest BCUT2D eigenvalue weighted by Gasteiger charge is -2.20. The first kappa shape index (κ1) is 19.1. The third kappa shape index (κ3) is 5.37. The number of rotatable bonds is 5. The van der Waals surface area contributed by atoms with Crippen LogP contribution in [-0.4, -0.2) is 19.9 Å². The second-order valence-corrected chi connectivity index (χ2v) is 8.41. The van der Waals surface area contributed by atoms with Gasteiger partial charge in [0.1, 0.15) is 5.82 Å². The topological polar surface area (TPSA) is 75.3 Å². The van der Waals surface area contributed by atoms with Gasteiger partial charge in [-0.1, -0.05) is 18.2 Å². The fourth-order valence-electron chi connectivity index (χ4n) is 2.10. The van der Waals surface area contributed by atoms with Gasteiger partial charge in [-0.05, 0) is 51.1 Å². The average molecular weight is 364 g/mol. The van der Waals surface area contributed by atoms with Crippen molar-refractivity contribution in [3.05, 3.63) is 65.5 Å². The van der Waals surface area contributed by atoms with Crippen molar-refractivity contribution in [2.24, 2.45) is 0 Å². The number of carbonyl (C=O) groups is 1. The highest BCUT2D eigenvalue weighted by Gasteiger charge is 2.18. The number of hydrogen-bond acceptors (Lipinski definition) is 3. The summed E-state index contributed by atoms with van der Waals surface area (Å²) in [5, 5.41) is 2.80. The first-order valence-electron chi connectivity index (χ1n) is 7.74. The van der Waals surface area contributed by atoms with Crippen molar-refractivity contribution in [1.29, 1.82) is 0 Å². The second kappa shape index (κ2) is 7.33. The first-order valence-corrected chi connectivity index (χ1v) is 9.22. The standard InChI is InChI=1S/C18H21FN2O3S/c1-18(2,3)21-17(22)13-8-10-15(11-9-13)25(23,24)20-12-14-6-4-5-7-16(14)19/h4-11,20H,12H2,1-3H3,(H,21,22). The van der Waals surface area contributed by atoms with Crippen LogP contribution in [0, 0.1) is 5.82 Å². The molecule has 2 N–H and O–H groups in total. The minimum Gasteiger partial charge on any atom is -0.347 e. The highest BCUT2D eigenvalue weighted by molar-refractivity contribution is 7.89. The molecule has 0 aliphatic heterocycles. The number of hydrogen-bond donors (Lipinski definition) is 2. The zero-order valence-corrected chi connectivity index (χ0v) is 15.2. The number of sulfonamides is 1. The van der Waals surface area contributed by atoms with E-state index in [4.69, 9.17) is 0 Å². The highest BCUT2D eigenvalue weighted by Crippen LogP contribution is 2.13. The van der Waals surface area contributed by atoms with E-state index in [1.165, 1.54) is 42.5 Å². The van der Waals surface area contributed by atoms with Crippen molar-refractivity contribution in [2.75, 3.05) is 0 Å². The van der Waals surface area contributed by atoms with Crippen LogP contribution in [0.2, 0.25) is 0 Å². The van der Waals surface area contributed by atoms with E-state index in [2.05, 4.69) is 10.0 Å². The van der Waals surface area contributed by atoms with E-state index in [9.17, 15) is 17.6 Å². The molecule has 0 aliphatic carbocycles. The van der Waals surface area contributed by atoms with E-state index in [0.29, 0.717) is 5.56 Å². The molecule has 0 fully saturated rings. The Morgan fingerprint density at radius 3 is 2.20 bits per heavy atom. The molecule has 2 rings (SSSR count). The summed E-state index contributed by atoms with van der Waals surface area (Å²) in [4.78, 5) is 12.1. The molecule has 0 saturated carbocycles. The van der Waals surface area contributed by atoms with E-state index in [1.807, 2.05) is 20.8 Å². The van der Waals surface area contributed by atoms with Crippen LogP contribution in [0.3, 0.4) is 0 Å². The van der Waals surface area contributed by atoms with E-state index in [-0.39, 0.29) is 28.4 Å². The monoisotopic (exact) mass is 364 g/mol. The zero-order valence-electron chi connectivity index (χ0n) is 14.3. The molecule has 0 heterocycles. The van der Waals surface area contributed by atoms with Crippen LogP contribution in [0.25, 0.3) is 0 Å². The van der Waals surface area contributed by atoms with Gasteiger partial charge in [0.05, 0.1) is 4.90 Å². The normalized spacial score (nSPS) is 12.0. The predicted molar refractivity (Wildman–Crippen MR) is 94.1 cm³/mol. The molecule has 0 bridgehead atoms. The summed E-state index contributed by atoms with van der Waals surface area (Å²) in [6, 6.07) is 11.5. The summed E-state index contributed by atoms with van der Waals surface area (Å²) in [7, 11) is -3.80. The Hall–Kier alpha value is -2.25. The van der Waals surface area contributed by atoms with E-state index >= 15 is 0 Å². The lowest BCUT2D eigenvalue weighted by molar-refractivity contribution is 0.0919. The quantitative estimate of drug-likeness (QED) is 0.857. The summed E-state index contributed by atoms with van der Waals surface area (Å²) in [6.45, 7) is 5.42. The fourth-order valence-corrected chi connectivity index (χ4v) is 3.10. The van der Waals surface area contributed by atoms with Crippen LogP contribution in [0.5, 0.6) is 0 Å². The Labute approximate surface area is 147 Å². The molecular weight excluding hydrogens is 343 g/mol. The van der Waals surface area contributed by atoms with Gasteiger partial charge < -0.3 is 5.32 Å². The second-order valence-electron chi connectivity index (χ2n) is 6.64. The predicted octanol–water partition coefficient (Wildman–Crippen LogP) is 2.83. The van der Waals surface area contributed by atoms with Gasteiger partial charge in [-0.15, -0.1) is 0 Å². The van der Waals surface area contributed by atoms with E-state index < -0.39 is 15.8 Å². The Morgan fingerprint density at radius 2 is 1.64 bits per heavy atom. The van der Waals surface area contributed by atoms with E-state index in [0.717, 1.165) is 0 Å².